The molecule has 0 aromatic rings. The van der Waals surface area contributed by atoms with E-state index in [2.05, 4.69) is 4.90 Å². The summed E-state index contributed by atoms with van der Waals surface area (Å²) in [5, 5.41) is 10.4. The maximum Gasteiger partial charge on any atom is 0.410 e. The minimum Gasteiger partial charge on any atom is -0.466 e. The molecular weight excluding hydrogens is 404 g/mol. The highest BCUT2D eigenvalue weighted by atomic mass is 16.6. The normalized spacial score (nSPS) is 33.9. The Hall–Kier alpha value is -1.87. The lowest BCUT2D eigenvalue weighted by atomic mass is 9.70. The van der Waals surface area contributed by atoms with Crippen molar-refractivity contribution in [2.75, 3.05) is 40.0 Å². The highest BCUT2D eigenvalue weighted by Crippen LogP contribution is 2.41. The predicted molar refractivity (Wildman–Crippen MR) is 111 cm³/mol. The number of amides is 1. The number of methoxy groups -OCH3 is 1. The first-order valence-corrected chi connectivity index (χ1v) is 11.5. The molecule has 9 heteroatoms. The number of aliphatic hydroxyl groups is 1. The first-order chi connectivity index (χ1) is 14.9. The number of fused-ring (bicyclic) bond motifs is 1. The van der Waals surface area contributed by atoms with Crippen LogP contribution < -0.4 is 0 Å². The van der Waals surface area contributed by atoms with E-state index in [1.165, 1.54) is 12.0 Å². The molecule has 1 aliphatic carbocycles. The van der Waals surface area contributed by atoms with Crippen LogP contribution in [-0.2, 0) is 23.8 Å². The smallest absolute Gasteiger partial charge is 0.410 e. The van der Waals surface area contributed by atoms with Gasteiger partial charge in [-0.2, -0.15) is 0 Å². The number of rotatable bonds is 5. The van der Waals surface area contributed by atoms with Gasteiger partial charge in [-0.25, -0.2) is 9.59 Å². The van der Waals surface area contributed by atoms with Crippen LogP contribution in [0.5, 0.6) is 0 Å². The van der Waals surface area contributed by atoms with Crippen LogP contribution in [0.3, 0.4) is 0 Å². The van der Waals surface area contributed by atoms with E-state index in [9.17, 15) is 19.5 Å². The second-order valence-corrected chi connectivity index (χ2v) is 8.91. The van der Waals surface area contributed by atoms with Crippen LogP contribution in [0.1, 0.15) is 46.0 Å². The van der Waals surface area contributed by atoms with Crippen molar-refractivity contribution in [3.63, 3.8) is 0 Å². The summed E-state index contributed by atoms with van der Waals surface area (Å²) in [7, 11) is 1.33. The predicted octanol–water partition coefficient (Wildman–Crippen LogP) is 1.42. The van der Waals surface area contributed by atoms with Gasteiger partial charge in [0.1, 0.15) is 6.04 Å². The third kappa shape index (κ3) is 5.49. The molecule has 31 heavy (non-hydrogen) atoms. The molecule has 1 amide bonds. The van der Waals surface area contributed by atoms with E-state index >= 15 is 0 Å². The minimum atomic E-state index is -0.633. The number of likely N-dealkylation sites (tertiary alicyclic amines) is 2. The van der Waals surface area contributed by atoms with Gasteiger partial charge >= 0.3 is 18.0 Å². The fourth-order valence-corrected chi connectivity index (χ4v) is 5.57. The molecule has 0 aromatic heterocycles. The van der Waals surface area contributed by atoms with Crippen molar-refractivity contribution in [2.24, 2.45) is 17.8 Å². The second-order valence-electron chi connectivity index (χ2n) is 8.91. The Morgan fingerprint density at radius 2 is 1.61 bits per heavy atom. The summed E-state index contributed by atoms with van der Waals surface area (Å²) in [6.45, 7) is 5.77. The third-order valence-corrected chi connectivity index (χ3v) is 7.01. The van der Waals surface area contributed by atoms with Gasteiger partial charge in [-0.1, -0.05) is 0 Å². The number of β-amino-alcohol motifs (C(OH)–C–C–N with tert-alkyl or cyclic N) is 1. The molecule has 1 N–H and O–H groups in total. The third-order valence-electron chi connectivity index (χ3n) is 7.01. The molecule has 0 spiro atoms. The van der Waals surface area contributed by atoms with Crippen LogP contribution >= 0.6 is 0 Å². The Balaban J connectivity index is 1.68. The van der Waals surface area contributed by atoms with Crippen LogP contribution in [-0.4, -0.2) is 91.1 Å². The lowest BCUT2D eigenvalue weighted by molar-refractivity contribution is -0.155. The Kier molecular flexibility index (Phi) is 8.16. The average molecular weight is 441 g/mol. The van der Waals surface area contributed by atoms with Gasteiger partial charge in [0, 0.05) is 25.7 Å². The number of carbonyl (C=O) groups excluding carboxylic acids is 3. The number of esters is 2. The maximum atomic E-state index is 12.5. The van der Waals surface area contributed by atoms with E-state index in [1.54, 1.807) is 13.8 Å². The summed E-state index contributed by atoms with van der Waals surface area (Å²) in [4.78, 5) is 40.8. The van der Waals surface area contributed by atoms with Gasteiger partial charge < -0.3 is 19.3 Å². The van der Waals surface area contributed by atoms with Gasteiger partial charge in [0.25, 0.3) is 0 Å². The number of hydrogen-bond donors (Lipinski definition) is 1. The number of carbonyl (C=O) groups is 3. The molecule has 2 heterocycles. The number of ether oxygens (including phenoxy) is 3. The molecule has 3 fully saturated rings. The van der Waals surface area contributed by atoms with E-state index in [4.69, 9.17) is 14.2 Å². The topological polar surface area (TPSA) is 106 Å². The zero-order chi connectivity index (χ0) is 22.5. The Bertz CT molecular complexity index is 658. The number of hydrogen-bond acceptors (Lipinski definition) is 8. The number of aliphatic hydroxyl groups excluding tert-OH is 1. The number of nitrogens with zero attached hydrogens (tertiary/aromatic N) is 2. The Morgan fingerprint density at radius 1 is 0.903 bits per heavy atom. The van der Waals surface area contributed by atoms with Gasteiger partial charge in [-0.05, 0) is 57.8 Å². The molecule has 0 aromatic carbocycles. The highest BCUT2D eigenvalue weighted by Gasteiger charge is 2.46. The summed E-state index contributed by atoms with van der Waals surface area (Å²) >= 11 is 0. The van der Waals surface area contributed by atoms with Crippen molar-refractivity contribution < 1.29 is 33.7 Å². The molecule has 3 rings (SSSR count). The maximum absolute atomic E-state index is 12.5. The minimum absolute atomic E-state index is 0.237. The highest BCUT2D eigenvalue weighted by molar-refractivity contribution is 5.81. The first-order valence-electron chi connectivity index (χ1n) is 11.5. The summed E-state index contributed by atoms with van der Waals surface area (Å²) in [5.41, 5.74) is 0. The van der Waals surface area contributed by atoms with Crippen LogP contribution in [0.15, 0.2) is 0 Å². The van der Waals surface area contributed by atoms with Crippen molar-refractivity contribution in [3.8, 4) is 0 Å². The van der Waals surface area contributed by atoms with E-state index in [0.717, 1.165) is 19.3 Å². The van der Waals surface area contributed by atoms with Crippen molar-refractivity contribution >= 4 is 18.0 Å². The molecule has 2 unspecified atom stereocenters. The van der Waals surface area contributed by atoms with Crippen LogP contribution in [0, 0.1) is 17.8 Å². The molecule has 9 nitrogen and oxygen atoms in total. The monoisotopic (exact) mass is 440 g/mol. The summed E-state index contributed by atoms with van der Waals surface area (Å²) in [6, 6.07) is -0.396. The van der Waals surface area contributed by atoms with Gasteiger partial charge in [-0.3, -0.25) is 14.6 Å². The van der Waals surface area contributed by atoms with E-state index in [1.807, 2.05) is 0 Å². The largest absolute Gasteiger partial charge is 0.466 e. The van der Waals surface area contributed by atoms with Crippen LogP contribution in [0.4, 0.5) is 4.79 Å². The van der Waals surface area contributed by atoms with Gasteiger partial charge in [0.2, 0.25) is 0 Å². The summed E-state index contributed by atoms with van der Waals surface area (Å²) in [5.74, 6) is -0.362. The SMILES string of the molecule is CCOC(=O)C1CC2C[C@@H](N3C[C@@H](O)C[C@@H](C(=O)OCC)C3)CC[C@H]2CN1C(=O)OC. The fourth-order valence-electron chi connectivity index (χ4n) is 5.57. The fraction of sp³-hybridized carbons (Fsp3) is 0.864. The quantitative estimate of drug-likeness (QED) is 0.505. The zero-order valence-corrected chi connectivity index (χ0v) is 18.8. The van der Waals surface area contributed by atoms with Gasteiger partial charge in [0.15, 0.2) is 0 Å². The van der Waals surface area contributed by atoms with E-state index in [-0.39, 0.29) is 36.4 Å². The molecule has 6 atom stereocenters. The lowest BCUT2D eigenvalue weighted by Crippen LogP contribution is -2.57. The molecule has 0 bridgehead atoms. The first kappa shape index (κ1) is 23.8. The second kappa shape index (κ2) is 10.6. The molecule has 0 radical (unpaired) electrons. The van der Waals surface area contributed by atoms with E-state index < -0.39 is 18.2 Å². The van der Waals surface area contributed by atoms with Crippen molar-refractivity contribution in [2.45, 2.75) is 64.1 Å². The van der Waals surface area contributed by atoms with Crippen LogP contribution in [0.25, 0.3) is 0 Å². The van der Waals surface area contributed by atoms with Crippen LogP contribution in [0.2, 0.25) is 0 Å². The van der Waals surface area contributed by atoms with Gasteiger partial charge in [-0.15, -0.1) is 0 Å². The average Bonchev–Trinajstić information content (AvgIpc) is 2.77. The lowest BCUT2D eigenvalue weighted by Gasteiger charge is -2.49. The Morgan fingerprint density at radius 3 is 2.29 bits per heavy atom. The molecule has 1 saturated carbocycles. The van der Waals surface area contributed by atoms with Gasteiger partial charge in [0.05, 0.1) is 32.3 Å². The summed E-state index contributed by atoms with van der Waals surface area (Å²) < 4.78 is 15.3. The number of piperidine rings is 2. The summed E-state index contributed by atoms with van der Waals surface area (Å²) in [6.07, 6.45) is 2.68. The molecule has 2 saturated heterocycles. The Labute approximate surface area is 184 Å². The van der Waals surface area contributed by atoms with Crippen molar-refractivity contribution in [3.05, 3.63) is 0 Å². The standard InChI is InChI=1S/C22H36N2O7/c1-4-30-20(26)16-9-18(25)13-23(11-16)17-7-6-14-12-24(22(28)29-3)19(10-15(14)8-17)21(27)31-5-2/h14-19,25H,4-13H2,1-3H3/t14-,15?,16+,17-,18-,19?/m0/s1. The van der Waals surface area contributed by atoms with E-state index in [0.29, 0.717) is 45.0 Å². The van der Waals surface area contributed by atoms with Crippen molar-refractivity contribution in [1.82, 2.24) is 9.80 Å². The molecule has 176 valence electrons. The molecular formula is C22H36N2O7. The molecule has 2 aliphatic heterocycles. The molecule has 3 aliphatic rings. The zero-order valence-electron chi connectivity index (χ0n) is 18.8. The van der Waals surface area contributed by atoms with Crippen molar-refractivity contribution in [1.29, 1.82) is 0 Å².